The molecule has 1 aliphatic heterocycles. The van der Waals surface area contributed by atoms with Crippen molar-refractivity contribution >= 4 is 23.4 Å². The summed E-state index contributed by atoms with van der Waals surface area (Å²) in [6.45, 7) is 5.41. The summed E-state index contributed by atoms with van der Waals surface area (Å²) in [7, 11) is 0. The second-order valence-electron chi connectivity index (χ2n) is 7.51. The van der Waals surface area contributed by atoms with E-state index in [4.69, 9.17) is 16.6 Å². The molecule has 4 rings (SSSR count). The van der Waals surface area contributed by atoms with Gasteiger partial charge in [0.1, 0.15) is 5.82 Å². The highest BCUT2D eigenvalue weighted by atomic mass is 35.5. The van der Waals surface area contributed by atoms with E-state index in [1.165, 1.54) is 5.56 Å². The number of benzene rings is 1. The average Bonchev–Trinajstić information content (AvgIpc) is 3.47. The SMILES string of the molecule is CCNC(=NCCc1ccc(-n2cccn2)cc1)NC1CCN(c2ncccc2Cl)C1. The lowest BCUT2D eigenvalue weighted by atomic mass is 10.1. The molecule has 31 heavy (non-hydrogen) atoms. The highest BCUT2D eigenvalue weighted by molar-refractivity contribution is 6.32. The molecule has 1 aromatic carbocycles. The highest BCUT2D eigenvalue weighted by Gasteiger charge is 2.25. The first kappa shape index (κ1) is 21.2. The molecule has 162 valence electrons. The molecule has 0 radical (unpaired) electrons. The Labute approximate surface area is 188 Å². The number of aromatic nitrogens is 3. The predicted molar refractivity (Wildman–Crippen MR) is 126 cm³/mol. The molecule has 0 amide bonds. The molecule has 0 aliphatic carbocycles. The normalized spacial score (nSPS) is 16.5. The minimum absolute atomic E-state index is 0.309. The van der Waals surface area contributed by atoms with Gasteiger partial charge in [-0.3, -0.25) is 4.99 Å². The van der Waals surface area contributed by atoms with E-state index in [0.29, 0.717) is 11.1 Å². The van der Waals surface area contributed by atoms with Crippen LogP contribution in [0.3, 0.4) is 0 Å². The number of anilines is 1. The van der Waals surface area contributed by atoms with Crippen molar-refractivity contribution in [3.8, 4) is 5.69 Å². The zero-order valence-electron chi connectivity index (χ0n) is 17.7. The molecule has 8 heteroatoms. The van der Waals surface area contributed by atoms with Crippen LogP contribution in [0.5, 0.6) is 0 Å². The smallest absolute Gasteiger partial charge is 0.191 e. The summed E-state index contributed by atoms with van der Waals surface area (Å²) in [4.78, 5) is 11.4. The molecule has 1 fully saturated rings. The maximum Gasteiger partial charge on any atom is 0.191 e. The van der Waals surface area contributed by atoms with E-state index < -0.39 is 0 Å². The lowest BCUT2D eigenvalue weighted by molar-refractivity contribution is 0.648. The van der Waals surface area contributed by atoms with E-state index >= 15 is 0 Å². The third kappa shape index (κ3) is 5.55. The van der Waals surface area contributed by atoms with Crippen molar-refractivity contribution in [1.29, 1.82) is 0 Å². The number of aliphatic imine (C=N–C) groups is 1. The molecule has 7 nitrogen and oxygen atoms in total. The Kier molecular flexibility index (Phi) is 7.04. The summed E-state index contributed by atoms with van der Waals surface area (Å²) >= 11 is 6.31. The standard InChI is InChI=1S/C23H28ClN7/c1-2-25-23(29-19-11-16-30(17-19)22-21(24)5-3-12-26-22)27-14-10-18-6-8-20(9-7-18)31-15-4-13-28-31/h3-9,12-13,15,19H,2,10-11,14,16-17H2,1H3,(H2,25,27,29). The van der Waals surface area contributed by atoms with Crippen molar-refractivity contribution in [1.82, 2.24) is 25.4 Å². The first-order valence-electron chi connectivity index (χ1n) is 10.7. The second kappa shape index (κ2) is 10.3. The maximum atomic E-state index is 6.31. The third-order valence-electron chi connectivity index (χ3n) is 5.29. The number of guanidine groups is 1. The van der Waals surface area contributed by atoms with Crippen LogP contribution in [0.4, 0.5) is 5.82 Å². The van der Waals surface area contributed by atoms with Gasteiger partial charge in [0.25, 0.3) is 0 Å². The summed E-state index contributed by atoms with van der Waals surface area (Å²) in [6, 6.07) is 14.4. The second-order valence-corrected chi connectivity index (χ2v) is 7.92. The van der Waals surface area contributed by atoms with Crippen LogP contribution in [-0.4, -0.2) is 52.9 Å². The van der Waals surface area contributed by atoms with Crippen LogP contribution in [0.25, 0.3) is 5.69 Å². The third-order valence-corrected chi connectivity index (χ3v) is 5.58. The van der Waals surface area contributed by atoms with Gasteiger partial charge in [0, 0.05) is 50.8 Å². The number of nitrogens with one attached hydrogen (secondary N) is 2. The molecule has 3 aromatic rings. The van der Waals surface area contributed by atoms with Crippen molar-refractivity contribution in [2.24, 2.45) is 4.99 Å². The van der Waals surface area contributed by atoms with Crippen LogP contribution < -0.4 is 15.5 Å². The monoisotopic (exact) mass is 437 g/mol. The van der Waals surface area contributed by atoms with E-state index in [-0.39, 0.29) is 0 Å². The summed E-state index contributed by atoms with van der Waals surface area (Å²) in [5.41, 5.74) is 2.32. The van der Waals surface area contributed by atoms with Gasteiger partial charge in [0.05, 0.1) is 10.7 Å². The minimum Gasteiger partial charge on any atom is -0.357 e. The molecule has 2 aromatic heterocycles. The van der Waals surface area contributed by atoms with Crippen LogP contribution >= 0.6 is 11.6 Å². The van der Waals surface area contributed by atoms with E-state index in [0.717, 1.165) is 56.5 Å². The van der Waals surface area contributed by atoms with Gasteiger partial charge < -0.3 is 15.5 Å². The molecule has 1 unspecified atom stereocenters. The molecule has 1 aliphatic rings. The lowest BCUT2D eigenvalue weighted by Crippen LogP contribution is -2.44. The van der Waals surface area contributed by atoms with Gasteiger partial charge in [-0.05, 0) is 55.7 Å². The molecule has 3 heterocycles. The Morgan fingerprint density at radius 1 is 1.19 bits per heavy atom. The van der Waals surface area contributed by atoms with Crippen LogP contribution in [0.1, 0.15) is 18.9 Å². The van der Waals surface area contributed by atoms with E-state index in [9.17, 15) is 0 Å². The minimum atomic E-state index is 0.309. The van der Waals surface area contributed by atoms with E-state index in [2.05, 4.69) is 56.8 Å². The first-order valence-corrected chi connectivity index (χ1v) is 11.1. The van der Waals surface area contributed by atoms with Crippen molar-refractivity contribution in [2.75, 3.05) is 31.1 Å². The Morgan fingerprint density at radius 3 is 2.81 bits per heavy atom. The fourth-order valence-electron chi connectivity index (χ4n) is 3.73. The first-order chi connectivity index (χ1) is 15.2. The summed E-state index contributed by atoms with van der Waals surface area (Å²) in [5.74, 6) is 1.71. The number of pyridine rings is 1. The molecule has 2 N–H and O–H groups in total. The summed E-state index contributed by atoms with van der Waals surface area (Å²) in [5, 5.41) is 11.9. The molecular formula is C23H28ClN7. The maximum absolute atomic E-state index is 6.31. The van der Waals surface area contributed by atoms with Crippen LogP contribution in [0.2, 0.25) is 5.02 Å². The number of hydrogen-bond acceptors (Lipinski definition) is 4. The van der Waals surface area contributed by atoms with Gasteiger partial charge in [-0.1, -0.05) is 23.7 Å². The molecule has 1 saturated heterocycles. The summed E-state index contributed by atoms with van der Waals surface area (Å²) in [6.07, 6.45) is 7.42. The highest BCUT2D eigenvalue weighted by Crippen LogP contribution is 2.25. The van der Waals surface area contributed by atoms with Crippen molar-refractivity contribution in [3.63, 3.8) is 0 Å². The van der Waals surface area contributed by atoms with Gasteiger partial charge in [-0.2, -0.15) is 5.10 Å². The van der Waals surface area contributed by atoms with E-state index in [1.54, 1.807) is 12.4 Å². The Morgan fingerprint density at radius 2 is 2.06 bits per heavy atom. The number of halogens is 1. The van der Waals surface area contributed by atoms with Crippen molar-refractivity contribution in [2.45, 2.75) is 25.8 Å². The molecule has 0 bridgehead atoms. The number of rotatable bonds is 7. The Hall–Kier alpha value is -3.06. The quantitative estimate of drug-likeness (QED) is 0.438. The summed E-state index contributed by atoms with van der Waals surface area (Å²) < 4.78 is 1.86. The molecular weight excluding hydrogens is 410 g/mol. The number of nitrogens with zero attached hydrogens (tertiary/aromatic N) is 5. The van der Waals surface area contributed by atoms with Gasteiger partial charge in [0.2, 0.25) is 0 Å². The van der Waals surface area contributed by atoms with Crippen LogP contribution in [0, 0.1) is 0 Å². The Balaban J connectivity index is 1.31. The van der Waals surface area contributed by atoms with Crippen molar-refractivity contribution in [3.05, 3.63) is 71.6 Å². The fourth-order valence-corrected chi connectivity index (χ4v) is 3.97. The molecule has 0 spiro atoms. The van der Waals surface area contributed by atoms with Crippen LogP contribution in [-0.2, 0) is 6.42 Å². The fraction of sp³-hybridized carbons (Fsp3) is 0.348. The van der Waals surface area contributed by atoms with Gasteiger partial charge >= 0.3 is 0 Å². The zero-order valence-corrected chi connectivity index (χ0v) is 18.5. The largest absolute Gasteiger partial charge is 0.357 e. The number of hydrogen-bond donors (Lipinski definition) is 2. The predicted octanol–water partition coefficient (Wildman–Crippen LogP) is 3.30. The van der Waals surface area contributed by atoms with Gasteiger partial charge in [-0.15, -0.1) is 0 Å². The molecule has 1 atom stereocenters. The lowest BCUT2D eigenvalue weighted by Gasteiger charge is -2.20. The zero-order chi connectivity index (χ0) is 21.5. The van der Waals surface area contributed by atoms with Gasteiger partial charge in [-0.25, -0.2) is 9.67 Å². The van der Waals surface area contributed by atoms with Crippen molar-refractivity contribution < 1.29 is 0 Å². The molecule has 0 saturated carbocycles. The topological polar surface area (TPSA) is 70.4 Å². The average molecular weight is 438 g/mol. The Bertz CT molecular complexity index is 985. The van der Waals surface area contributed by atoms with Gasteiger partial charge in [0.15, 0.2) is 5.96 Å². The van der Waals surface area contributed by atoms with E-state index in [1.807, 2.05) is 29.1 Å². The van der Waals surface area contributed by atoms with Crippen LogP contribution in [0.15, 0.2) is 66.0 Å².